The van der Waals surface area contributed by atoms with Crippen molar-refractivity contribution in [1.82, 2.24) is 10.2 Å². The maximum atomic E-state index is 13.4. The lowest BCUT2D eigenvalue weighted by Crippen LogP contribution is -2.61. The van der Waals surface area contributed by atoms with E-state index in [9.17, 15) is 4.79 Å². The Kier molecular flexibility index (Phi) is 5.85. The van der Waals surface area contributed by atoms with Gasteiger partial charge in [-0.3, -0.25) is 10.1 Å². The van der Waals surface area contributed by atoms with Crippen LogP contribution >= 0.6 is 0 Å². The molecule has 0 aromatic heterocycles. The molecule has 4 aliphatic rings. The summed E-state index contributed by atoms with van der Waals surface area (Å²) in [5, 5.41) is 4.04. The Labute approximate surface area is 166 Å². The molecule has 0 aromatic carbocycles. The van der Waals surface area contributed by atoms with Gasteiger partial charge in [-0.1, -0.05) is 32.6 Å². The van der Waals surface area contributed by atoms with Crippen LogP contribution in [0.15, 0.2) is 0 Å². The summed E-state index contributed by atoms with van der Waals surface area (Å²) in [6.07, 6.45) is 16.2. The summed E-state index contributed by atoms with van der Waals surface area (Å²) in [6, 6.07) is 0.774. The molecule has 1 saturated heterocycles. The van der Waals surface area contributed by atoms with E-state index in [1.807, 2.05) is 7.05 Å². The van der Waals surface area contributed by atoms with Gasteiger partial charge in [-0.15, -0.1) is 0 Å². The van der Waals surface area contributed by atoms with E-state index < -0.39 is 0 Å². The highest BCUT2D eigenvalue weighted by Crippen LogP contribution is 2.52. The topological polar surface area (TPSA) is 58.4 Å². The van der Waals surface area contributed by atoms with Crippen LogP contribution in [0.3, 0.4) is 0 Å². The van der Waals surface area contributed by atoms with Gasteiger partial charge in [-0.2, -0.15) is 0 Å². The Morgan fingerprint density at radius 1 is 0.926 bits per heavy atom. The highest BCUT2D eigenvalue weighted by atomic mass is 16.2. The summed E-state index contributed by atoms with van der Waals surface area (Å²) < 4.78 is 0. The summed E-state index contributed by atoms with van der Waals surface area (Å²) in [4.78, 5) is 15.5. The fourth-order valence-corrected chi connectivity index (χ4v) is 7.28. The maximum Gasteiger partial charge on any atom is 0.239 e. The molecule has 1 heterocycles. The third-order valence-electron chi connectivity index (χ3n) is 8.84. The van der Waals surface area contributed by atoms with Crippen molar-refractivity contribution in [3.05, 3.63) is 0 Å². The highest BCUT2D eigenvalue weighted by Gasteiger charge is 2.57. The van der Waals surface area contributed by atoms with Crippen molar-refractivity contribution in [3.63, 3.8) is 0 Å². The van der Waals surface area contributed by atoms with E-state index in [1.54, 1.807) is 0 Å². The zero-order chi connectivity index (χ0) is 19.0. The average molecular weight is 376 g/mol. The second-order valence-electron chi connectivity index (χ2n) is 10.2. The lowest BCUT2D eigenvalue weighted by Gasteiger charge is -2.51. The second-order valence-corrected chi connectivity index (χ2v) is 10.2. The lowest BCUT2D eigenvalue weighted by atomic mass is 9.59. The first-order valence-corrected chi connectivity index (χ1v) is 11.8. The van der Waals surface area contributed by atoms with E-state index in [2.05, 4.69) is 17.1 Å². The van der Waals surface area contributed by atoms with Crippen molar-refractivity contribution in [1.29, 1.82) is 0 Å². The van der Waals surface area contributed by atoms with E-state index in [1.165, 1.54) is 51.4 Å². The van der Waals surface area contributed by atoms with Gasteiger partial charge in [-0.25, -0.2) is 0 Å². The quantitative estimate of drug-likeness (QED) is 0.788. The van der Waals surface area contributed by atoms with Crippen LogP contribution in [0, 0.1) is 17.8 Å². The Balaban J connectivity index is 1.49. The van der Waals surface area contributed by atoms with Crippen molar-refractivity contribution in [3.8, 4) is 0 Å². The molecule has 4 atom stereocenters. The number of nitrogens with zero attached hydrogens (tertiary/aromatic N) is 1. The summed E-state index contributed by atoms with van der Waals surface area (Å²) in [6.45, 7) is 2.47. The molecule has 0 aromatic rings. The number of hydrogen-bond donors (Lipinski definition) is 2. The Morgan fingerprint density at radius 2 is 1.59 bits per heavy atom. The van der Waals surface area contributed by atoms with Crippen LogP contribution in [-0.4, -0.2) is 41.5 Å². The number of likely N-dealkylation sites (N-methyl/N-ethyl adjacent to an activating group) is 1. The van der Waals surface area contributed by atoms with Gasteiger partial charge in [0, 0.05) is 24.7 Å². The molecule has 154 valence electrons. The molecule has 1 aliphatic heterocycles. The zero-order valence-electron chi connectivity index (χ0n) is 17.6. The fraction of sp³-hybridized carbons (Fsp3) is 0.957. The van der Waals surface area contributed by atoms with Crippen molar-refractivity contribution >= 4 is 5.91 Å². The SMILES string of the molecule is CC1CCCC2CC(C(=O)N(C)C3CCC(N)CC3)NC12C1CCCCC1. The number of rotatable bonds is 3. The Bertz CT molecular complexity index is 524. The predicted molar refractivity (Wildman–Crippen MR) is 110 cm³/mol. The van der Waals surface area contributed by atoms with Crippen LogP contribution < -0.4 is 11.1 Å². The first kappa shape index (κ1) is 19.7. The van der Waals surface area contributed by atoms with E-state index in [0.717, 1.165) is 38.0 Å². The molecule has 4 heteroatoms. The first-order chi connectivity index (χ1) is 13.0. The first-order valence-electron chi connectivity index (χ1n) is 11.8. The van der Waals surface area contributed by atoms with Crippen LogP contribution in [0.25, 0.3) is 0 Å². The van der Waals surface area contributed by atoms with Gasteiger partial charge in [0.25, 0.3) is 0 Å². The zero-order valence-corrected chi connectivity index (χ0v) is 17.6. The molecule has 4 fully saturated rings. The number of carbonyl (C=O) groups excluding carboxylic acids is 1. The Morgan fingerprint density at radius 3 is 2.30 bits per heavy atom. The third kappa shape index (κ3) is 3.57. The molecule has 3 aliphatic carbocycles. The summed E-state index contributed by atoms with van der Waals surface area (Å²) in [5.41, 5.74) is 6.31. The maximum absolute atomic E-state index is 13.4. The smallest absolute Gasteiger partial charge is 0.239 e. The normalized spacial score (nSPS) is 43.3. The predicted octanol–water partition coefficient (Wildman–Crippen LogP) is 3.83. The monoisotopic (exact) mass is 375 g/mol. The summed E-state index contributed by atoms with van der Waals surface area (Å²) >= 11 is 0. The number of amides is 1. The van der Waals surface area contributed by atoms with Crippen LogP contribution in [0.2, 0.25) is 0 Å². The van der Waals surface area contributed by atoms with E-state index in [0.29, 0.717) is 29.8 Å². The minimum absolute atomic E-state index is 0.0399. The molecular formula is C23H41N3O. The number of carbonyl (C=O) groups is 1. The van der Waals surface area contributed by atoms with Crippen LogP contribution in [0.4, 0.5) is 0 Å². The number of fused-ring (bicyclic) bond motifs is 1. The van der Waals surface area contributed by atoms with Crippen molar-refractivity contribution < 1.29 is 4.79 Å². The Hall–Kier alpha value is -0.610. The molecule has 4 rings (SSSR count). The van der Waals surface area contributed by atoms with Crippen LogP contribution in [0.1, 0.15) is 90.4 Å². The molecule has 1 amide bonds. The molecule has 0 radical (unpaired) electrons. The lowest BCUT2D eigenvalue weighted by molar-refractivity contribution is -0.135. The van der Waals surface area contributed by atoms with Gasteiger partial charge in [0.15, 0.2) is 0 Å². The number of hydrogen-bond acceptors (Lipinski definition) is 3. The molecule has 4 unspecified atom stereocenters. The van der Waals surface area contributed by atoms with Gasteiger partial charge in [0.1, 0.15) is 0 Å². The van der Waals surface area contributed by atoms with Crippen molar-refractivity contribution in [2.75, 3.05) is 7.05 Å². The van der Waals surface area contributed by atoms with Gasteiger partial charge < -0.3 is 10.6 Å². The van der Waals surface area contributed by atoms with Gasteiger partial charge in [0.2, 0.25) is 5.91 Å². The molecule has 3 saturated carbocycles. The van der Waals surface area contributed by atoms with Gasteiger partial charge in [-0.05, 0) is 75.5 Å². The summed E-state index contributed by atoms with van der Waals surface area (Å²) in [7, 11) is 2.05. The van der Waals surface area contributed by atoms with Crippen LogP contribution in [-0.2, 0) is 4.79 Å². The highest BCUT2D eigenvalue weighted by molar-refractivity contribution is 5.82. The van der Waals surface area contributed by atoms with Crippen LogP contribution in [0.5, 0.6) is 0 Å². The molecule has 4 nitrogen and oxygen atoms in total. The minimum Gasteiger partial charge on any atom is -0.341 e. The number of nitrogens with two attached hydrogens (primary N) is 1. The van der Waals surface area contributed by atoms with E-state index in [4.69, 9.17) is 5.73 Å². The molecular weight excluding hydrogens is 334 g/mol. The van der Waals surface area contributed by atoms with Gasteiger partial charge >= 0.3 is 0 Å². The van der Waals surface area contributed by atoms with Gasteiger partial charge in [0.05, 0.1) is 6.04 Å². The van der Waals surface area contributed by atoms with Crippen molar-refractivity contribution in [2.45, 2.75) is 114 Å². The molecule has 0 spiro atoms. The standard InChI is InChI=1S/C23H41N3O/c1-16-7-6-10-18-15-21(25-23(16,18)17-8-4-3-5-9-17)22(27)26(2)20-13-11-19(24)12-14-20/h16-21,25H,3-15,24H2,1-2H3. The molecule has 3 N–H and O–H groups in total. The molecule has 27 heavy (non-hydrogen) atoms. The van der Waals surface area contributed by atoms with E-state index >= 15 is 0 Å². The summed E-state index contributed by atoms with van der Waals surface area (Å²) in [5.74, 6) is 2.54. The number of nitrogens with one attached hydrogen (secondary N) is 1. The largest absolute Gasteiger partial charge is 0.341 e. The average Bonchev–Trinajstić information content (AvgIpc) is 3.10. The minimum atomic E-state index is 0.0399. The fourth-order valence-electron chi connectivity index (χ4n) is 7.28. The second kappa shape index (κ2) is 8.02. The van der Waals surface area contributed by atoms with Crippen molar-refractivity contribution in [2.24, 2.45) is 23.5 Å². The third-order valence-corrected chi connectivity index (χ3v) is 8.84. The molecule has 0 bridgehead atoms. The van der Waals surface area contributed by atoms with E-state index in [-0.39, 0.29) is 11.6 Å².